The summed E-state index contributed by atoms with van der Waals surface area (Å²) in [6.45, 7) is 4.09. The summed E-state index contributed by atoms with van der Waals surface area (Å²) in [7, 11) is -0.00878. The highest BCUT2D eigenvalue weighted by atomic mass is 32.2. The largest absolute Gasteiger partial charge is 0.493 e. The Kier molecular flexibility index (Phi) is 11.6. The fraction of sp³-hybridized carbons (Fsp3) is 0.757. The fourth-order valence-corrected chi connectivity index (χ4v) is 10.9. The summed E-state index contributed by atoms with van der Waals surface area (Å²) in [5.74, 6) is -3.23. The van der Waals surface area contributed by atoms with E-state index in [9.17, 15) is 40.5 Å². The zero-order valence-corrected chi connectivity index (χ0v) is 30.6. The van der Waals surface area contributed by atoms with Gasteiger partial charge in [-0.3, -0.25) is 13.8 Å². The molecule has 2 aliphatic heterocycles. The third-order valence-corrected chi connectivity index (χ3v) is 14.0. The summed E-state index contributed by atoms with van der Waals surface area (Å²) >= 11 is 0. The highest BCUT2D eigenvalue weighted by molar-refractivity contribution is 7.84. The smallest absolute Gasteiger partial charge is 0.453 e. The number of morpholine rings is 1. The predicted octanol–water partition coefficient (Wildman–Crippen LogP) is 6.68. The Morgan fingerprint density at radius 2 is 1.75 bits per heavy atom. The number of amides is 2. The number of halogens is 5. The monoisotopic (exact) mass is 760 g/mol. The number of methoxy groups -OCH3 is 1. The maximum atomic E-state index is 13.4. The molecule has 2 saturated heterocycles. The van der Waals surface area contributed by atoms with E-state index in [1.807, 2.05) is 17.0 Å². The normalized spacial score (nSPS) is 29.0. The number of nitrogens with zero attached hydrogens (tertiary/aromatic N) is 2. The Morgan fingerprint density at radius 3 is 2.44 bits per heavy atom. The van der Waals surface area contributed by atoms with Crippen molar-refractivity contribution in [1.82, 2.24) is 9.80 Å². The van der Waals surface area contributed by atoms with Crippen molar-refractivity contribution in [2.45, 2.75) is 102 Å². The molecule has 3 aliphatic carbocycles. The Labute approximate surface area is 303 Å². The molecule has 0 bridgehead atoms. The highest BCUT2D eigenvalue weighted by Crippen LogP contribution is 2.62. The number of carbonyl (C=O) groups excluding carboxylic acids is 3. The van der Waals surface area contributed by atoms with Crippen LogP contribution in [0.1, 0.15) is 88.2 Å². The molecule has 0 radical (unpaired) electrons. The molecule has 290 valence electrons. The molecule has 1 aromatic carbocycles. The molecule has 0 aromatic heterocycles. The van der Waals surface area contributed by atoms with Crippen LogP contribution in [0.4, 0.5) is 26.7 Å². The number of fused-ring (bicyclic) bond motifs is 5. The minimum Gasteiger partial charge on any atom is -0.493 e. The van der Waals surface area contributed by atoms with E-state index in [4.69, 9.17) is 14.2 Å². The van der Waals surface area contributed by atoms with Crippen LogP contribution in [0.3, 0.4) is 0 Å². The maximum absolute atomic E-state index is 13.4. The molecule has 5 aliphatic rings. The van der Waals surface area contributed by atoms with Gasteiger partial charge in [0, 0.05) is 66.2 Å². The number of hydrogen-bond donors (Lipinski definition) is 0. The second-order valence-corrected chi connectivity index (χ2v) is 17.1. The van der Waals surface area contributed by atoms with Crippen molar-refractivity contribution in [2.24, 2.45) is 23.2 Å². The molecule has 6 atom stereocenters. The summed E-state index contributed by atoms with van der Waals surface area (Å²) < 4.78 is 94.0. The lowest BCUT2D eigenvalue weighted by molar-refractivity contribution is -0.284. The van der Waals surface area contributed by atoms with Crippen LogP contribution < -0.4 is 9.47 Å². The van der Waals surface area contributed by atoms with Gasteiger partial charge in [0.15, 0.2) is 11.5 Å². The van der Waals surface area contributed by atoms with Crippen molar-refractivity contribution in [3.05, 3.63) is 23.3 Å². The Balaban J connectivity index is 1.14. The van der Waals surface area contributed by atoms with Crippen molar-refractivity contribution in [1.29, 1.82) is 0 Å². The van der Waals surface area contributed by atoms with Gasteiger partial charge in [0.05, 0.1) is 13.7 Å². The van der Waals surface area contributed by atoms with Crippen molar-refractivity contribution < 1.29 is 54.8 Å². The number of ether oxygens (including phenoxy) is 3. The van der Waals surface area contributed by atoms with Crippen molar-refractivity contribution in [3.8, 4) is 11.5 Å². The first-order valence-corrected chi connectivity index (χ1v) is 20.0. The lowest BCUT2D eigenvalue weighted by atomic mass is 9.52. The van der Waals surface area contributed by atoms with Crippen LogP contribution in [-0.4, -0.2) is 101 Å². The highest BCUT2D eigenvalue weighted by Gasteiger charge is 2.58. The number of piperidine rings is 1. The van der Waals surface area contributed by atoms with Gasteiger partial charge in [-0.25, -0.2) is 4.79 Å². The van der Waals surface area contributed by atoms with Crippen molar-refractivity contribution in [2.75, 3.05) is 51.5 Å². The van der Waals surface area contributed by atoms with Crippen LogP contribution in [0.2, 0.25) is 0 Å². The van der Waals surface area contributed by atoms with E-state index in [0.29, 0.717) is 76.3 Å². The Hall–Kier alpha value is -2.81. The van der Waals surface area contributed by atoms with Gasteiger partial charge in [-0.15, -0.1) is 0 Å². The average molecular weight is 761 g/mol. The van der Waals surface area contributed by atoms with Crippen LogP contribution in [-0.2, 0) is 31.5 Å². The van der Waals surface area contributed by atoms with Gasteiger partial charge in [-0.2, -0.15) is 22.0 Å². The number of carbonyl (C=O) groups is 3. The molecule has 1 aromatic rings. The molecule has 6 rings (SSSR count). The number of rotatable bonds is 11. The van der Waals surface area contributed by atoms with Crippen LogP contribution in [0.25, 0.3) is 0 Å². The van der Waals surface area contributed by atoms with E-state index < -0.39 is 47.2 Å². The fourth-order valence-electron chi connectivity index (χ4n) is 9.72. The van der Waals surface area contributed by atoms with Crippen LogP contribution in [0.5, 0.6) is 11.5 Å². The third kappa shape index (κ3) is 7.86. The molecule has 9 nitrogen and oxygen atoms in total. The number of alkyl halides is 5. The number of likely N-dealkylation sites (tertiary alicyclic amines) is 1. The van der Waals surface area contributed by atoms with Crippen LogP contribution in [0, 0.1) is 23.2 Å². The summed E-state index contributed by atoms with van der Waals surface area (Å²) in [6.07, 6.45) is -2.01. The average Bonchev–Trinajstić information content (AvgIpc) is 3.41. The van der Waals surface area contributed by atoms with Gasteiger partial charge in [-0.05, 0) is 105 Å². The summed E-state index contributed by atoms with van der Waals surface area (Å²) in [4.78, 5) is 42.3. The third-order valence-electron chi connectivity index (χ3n) is 12.5. The molecule has 2 heterocycles. The Morgan fingerprint density at radius 1 is 1.02 bits per heavy atom. The van der Waals surface area contributed by atoms with Crippen molar-refractivity contribution in [3.63, 3.8) is 0 Å². The summed E-state index contributed by atoms with van der Waals surface area (Å²) in [6, 6.07) is 3.89. The standard InChI is InChI=1S/C37H49F5N2O7S/c1-35-12-8-26-27-21-29(49-2)30(51-34(47)43-13-9-25(10-14-43)44-15-16-50-22-32(44)46)20-24(27)19-23(33(26)28(35)6-7-31(35)45)5-3-17-52(48)18-4-11-36(38,39)37(40,41)42/h20-21,23,25-26,28,33H,3-19,22H2,1-2H3/t23-,26-,28+,33-,35+,52?/m1/s1. The molecule has 2 amide bonds. The van der Waals surface area contributed by atoms with E-state index in [1.165, 1.54) is 7.11 Å². The zero-order valence-electron chi connectivity index (χ0n) is 29.8. The van der Waals surface area contributed by atoms with Gasteiger partial charge < -0.3 is 24.0 Å². The zero-order chi connectivity index (χ0) is 37.4. The van der Waals surface area contributed by atoms with E-state index in [-0.39, 0.29) is 59.5 Å². The first-order chi connectivity index (χ1) is 24.6. The Bertz CT molecular complexity index is 1530. The molecule has 4 fully saturated rings. The van der Waals surface area contributed by atoms with Crippen molar-refractivity contribution >= 4 is 28.6 Å². The molecule has 52 heavy (non-hydrogen) atoms. The molecule has 1 unspecified atom stereocenters. The molecule has 2 saturated carbocycles. The van der Waals surface area contributed by atoms with E-state index in [0.717, 1.165) is 30.4 Å². The molecular formula is C37H49F5N2O7S. The minimum absolute atomic E-state index is 0.0331. The van der Waals surface area contributed by atoms with Gasteiger partial charge >= 0.3 is 18.2 Å². The van der Waals surface area contributed by atoms with E-state index >= 15 is 0 Å². The van der Waals surface area contributed by atoms with E-state index in [2.05, 4.69) is 6.92 Å². The number of benzene rings is 1. The van der Waals surface area contributed by atoms with Gasteiger partial charge in [0.25, 0.3) is 0 Å². The topological polar surface area (TPSA) is 102 Å². The number of Topliss-reactive ketones (excluding diaryl/α,β-unsaturated/α-hetero) is 1. The lowest BCUT2D eigenvalue weighted by Gasteiger charge is -2.52. The van der Waals surface area contributed by atoms with E-state index in [1.54, 1.807) is 4.90 Å². The molecule has 15 heteroatoms. The SMILES string of the molecule is COc1cc2c(cc1OC(=O)N1CCC(N3CCOCC3=O)CC1)C[C@@H](CCCS(=O)CCCC(F)(F)C(F)(F)F)[C@@H]1[C@@H]2CC[C@]2(C)C(=O)CC[C@@H]12. The minimum atomic E-state index is -5.62. The number of hydrogen-bond acceptors (Lipinski definition) is 7. The first-order valence-electron chi connectivity index (χ1n) is 18.5. The quantitative estimate of drug-likeness (QED) is 0.232. The first kappa shape index (κ1) is 38.9. The van der Waals surface area contributed by atoms with Crippen LogP contribution >= 0.6 is 0 Å². The maximum Gasteiger partial charge on any atom is 0.453 e. The van der Waals surface area contributed by atoms with Gasteiger partial charge in [0.1, 0.15) is 12.4 Å². The summed E-state index contributed by atoms with van der Waals surface area (Å²) in [5.41, 5.74) is 1.72. The van der Waals surface area contributed by atoms with Gasteiger partial charge in [-0.1, -0.05) is 6.92 Å². The molecule has 0 N–H and O–H groups in total. The number of ketones is 1. The van der Waals surface area contributed by atoms with Crippen LogP contribution in [0.15, 0.2) is 12.1 Å². The summed E-state index contributed by atoms with van der Waals surface area (Å²) in [5, 5.41) is 0. The van der Waals surface area contributed by atoms with Gasteiger partial charge in [0.2, 0.25) is 5.91 Å². The second kappa shape index (κ2) is 15.5. The lowest BCUT2D eigenvalue weighted by Crippen LogP contribution is -2.52. The molecule has 0 spiro atoms. The second-order valence-electron chi connectivity index (χ2n) is 15.4. The molecular weight excluding hydrogens is 711 g/mol. The predicted molar refractivity (Wildman–Crippen MR) is 182 cm³/mol.